The summed E-state index contributed by atoms with van der Waals surface area (Å²) in [5.74, 6) is 0.0129. The molecule has 0 fully saturated rings. The predicted octanol–water partition coefficient (Wildman–Crippen LogP) is 2.41. The van der Waals surface area contributed by atoms with Crippen molar-refractivity contribution >= 4 is 27.5 Å². The normalized spacial score (nSPS) is 11.1. The average Bonchev–Trinajstić information content (AvgIpc) is 2.28. The third-order valence-electron chi connectivity index (χ3n) is 2.47. The minimum atomic E-state index is -0.502. The van der Waals surface area contributed by atoms with E-state index in [2.05, 4.69) is 38.3 Å². The van der Waals surface area contributed by atoms with Crippen molar-refractivity contribution in [1.29, 1.82) is 0 Å². The first-order chi connectivity index (χ1) is 7.91. The Balaban J connectivity index is 2.35. The summed E-state index contributed by atoms with van der Waals surface area (Å²) in [5.41, 5.74) is 1.15. The molecule has 0 aliphatic rings. The standard InChI is InChI=1S/C13H19BrN2O/c1-13(2,14)12(17)15-9-10-16(3)11-7-5-4-6-8-11/h4-8H,9-10H2,1-3H3,(H,15,17). The minimum Gasteiger partial charge on any atom is -0.373 e. The van der Waals surface area contributed by atoms with Crippen molar-refractivity contribution < 1.29 is 4.79 Å². The maximum absolute atomic E-state index is 11.6. The summed E-state index contributed by atoms with van der Waals surface area (Å²) in [6.07, 6.45) is 0. The molecule has 1 N–H and O–H groups in total. The summed E-state index contributed by atoms with van der Waals surface area (Å²) in [5, 5.41) is 2.90. The van der Waals surface area contributed by atoms with Gasteiger partial charge in [-0.25, -0.2) is 0 Å². The van der Waals surface area contributed by atoms with E-state index in [0.29, 0.717) is 6.54 Å². The molecule has 3 nitrogen and oxygen atoms in total. The van der Waals surface area contributed by atoms with Gasteiger partial charge in [0.1, 0.15) is 0 Å². The lowest BCUT2D eigenvalue weighted by atomic mass is 10.2. The highest BCUT2D eigenvalue weighted by molar-refractivity contribution is 9.10. The van der Waals surface area contributed by atoms with Crippen LogP contribution in [0, 0.1) is 0 Å². The van der Waals surface area contributed by atoms with Gasteiger partial charge in [0.15, 0.2) is 0 Å². The maximum atomic E-state index is 11.6. The number of hydrogen-bond donors (Lipinski definition) is 1. The molecule has 0 bridgehead atoms. The molecule has 17 heavy (non-hydrogen) atoms. The highest BCUT2D eigenvalue weighted by Crippen LogP contribution is 2.15. The van der Waals surface area contributed by atoms with E-state index >= 15 is 0 Å². The number of benzene rings is 1. The highest BCUT2D eigenvalue weighted by atomic mass is 79.9. The van der Waals surface area contributed by atoms with Crippen molar-refractivity contribution in [2.24, 2.45) is 0 Å². The van der Waals surface area contributed by atoms with Crippen molar-refractivity contribution in [2.45, 2.75) is 18.2 Å². The second-order valence-corrected chi connectivity index (χ2v) is 6.47. The molecule has 0 saturated carbocycles. The van der Waals surface area contributed by atoms with Crippen LogP contribution in [0.25, 0.3) is 0 Å². The van der Waals surface area contributed by atoms with Crippen LogP contribution in [0.2, 0.25) is 0 Å². The molecule has 0 atom stereocenters. The molecular weight excluding hydrogens is 280 g/mol. The van der Waals surface area contributed by atoms with Crippen LogP contribution in [-0.2, 0) is 4.79 Å². The number of alkyl halides is 1. The van der Waals surface area contributed by atoms with E-state index in [-0.39, 0.29) is 5.91 Å². The SMILES string of the molecule is CN(CCNC(=O)C(C)(C)Br)c1ccccc1. The van der Waals surface area contributed by atoms with E-state index in [1.807, 2.05) is 39.1 Å². The first-order valence-corrected chi connectivity index (χ1v) is 6.44. The maximum Gasteiger partial charge on any atom is 0.236 e. The molecule has 0 spiro atoms. The molecule has 0 heterocycles. The number of rotatable bonds is 5. The van der Waals surface area contributed by atoms with Crippen molar-refractivity contribution in [2.75, 3.05) is 25.0 Å². The smallest absolute Gasteiger partial charge is 0.236 e. The Hall–Kier alpha value is -1.03. The van der Waals surface area contributed by atoms with Gasteiger partial charge in [-0.2, -0.15) is 0 Å². The molecule has 0 unspecified atom stereocenters. The molecule has 0 aliphatic heterocycles. The lowest BCUT2D eigenvalue weighted by Gasteiger charge is -2.21. The van der Waals surface area contributed by atoms with E-state index in [1.54, 1.807) is 0 Å². The zero-order valence-corrected chi connectivity index (χ0v) is 12.1. The number of carbonyl (C=O) groups excluding carboxylic acids is 1. The minimum absolute atomic E-state index is 0.0129. The topological polar surface area (TPSA) is 32.3 Å². The Morgan fingerprint density at radius 1 is 1.35 bits per heavy atom. The Labute approximate surface area is 111 Å². The summed E-state index contributed by atoms with van der Waals surface area (Å²) in [6, 6.07) is 10.1. The van der Waals surface area contributed by atoms with Crippen LogP contribution >= 0.6 is 15.9 Å². The number of halogens is 1. The summed E-state index contributed by atoms with van der Waals surface area (Å²) in [4.78, 5) is 13.7. The van der Waals surface area contributed by atoms with E-state index in [4.69, 9.17) is 0 Å². The summed E-state index contributed by atoms with van der Waals surface area (Å²) >= 11 is 3.33. The van der Waals surface area contributed by atoms with Gasteiger partial charge in [-0.3, -0.25) is 4.79 Å². The molecule has 0 radical (unpaired) electrons. The Morgan fingerprint density at radius 2 is 1.94 bits per heavy atom. The Morgan fingerprint density at radius 3 is 2.47 bits per heavy atom. The van der Waals surface area contributed by atoms with Crippen molar-refractivity contribution in [1.82, 2.24) is 5.32 Å². The quantitative estimate of drug-likeness (QED) is 0.847. The zero-order valence-electron chi connectivity index (χ0n) is 10.5. The number of nitrogens with one attached hydrogen (secondary N) is 1. The van der Waals surface area contributed by atoms with Crippen molar-refractivity contribution in [3.8, 4) is 0 Å². The van der Waals surface area contributed by atoms with Crippen molar-refractivity contribution in [3.05, 3.63) is 30.3 Å². The molecule has 1 amide bonds. The Bertz CT molecular complexity index is 359. The highest BCUT2D eigenvalue weighted by Gasteiger charge is 2.22. The van der Waals surface area contributed by atoms with Crippen LogP contribution in [0.1, 0.15) is 13.8 Å². The van der Waals surface area contributed by atoms with E-state index in [0.717, 1.165) is 12.2 Å². The van der Waals surface area contributed by atoms with Crippen LogP contribution in [0.5, 0.6) is 0 Å². The number of likely N-dealkylation sites (N-methyl/N-ethyl adjacent to an activating group) is 1. The lowest BCUT2D eigenvalue weighted by Crippen LogP contribution is -2.41. The Kier molecular flexibility index (Phi) is 5.00. The first kappa shape index (κ1) is 14.0. The number of carbonyl (C=O) groups is 1. The van der Waals surface area contributed by atoms with Gasteiger partial charge in [-0.15, -0.1) is 0 Å². The van der Waals surface area contributed by atoms with Crippen LogP contribution in [-0.4, -0.2) is 30.4 Å². The monoisotopic (exact) mass is 298 g/mol. The molecular formula is C13H19BrN2O. The van der Waals surface area contributed by atoms with Crippen LogP contribution in [0.4, 0.5) is 5.69 Å². The van der Waals surface area contributed by atoms with E-state index in [9.17, 15) is 4.79 Å². The van der Waals surface area contributed by atoms with Gasteiger partial charge < -0.3 is 10.2 Å². The van der Waals surface area contributed by atoms with Crippen molar-refractivity contribution in [3.63, 3.8) is 0 Å². The van der Waals surface area contributed by atoms with Crippen LogP contribution in [0.3, 0.4) is 0 Å². The van der Waals surface area contributed by atoms with Crippen LogP contribution < -0.4 is 10.2 Å². The zero-order chi connectivity index (χ0) is 12.9. The molecule has 0 aliphatic carbocycles. The van der Waals surface area contributed by atoms with Gasteiger partial charge in [-0.05, 0) is 26.0 Å². The first-order valence-electron chi connectivity index (χ1n) is 5.64. The summed E-state index contributed by atoms with van der Waals surface area (Å²) < 4.78 is -0.502. The number of para-hydroxylation sites is 1. The van der Waals surface area contributed by atoms with E-state index in [1.165, 1.54) is 0 Å². The fraction of sp³-hybridized carbons (Fsp3) is 0.462. The molecule has 4 heteroatoms. The molecule has 1 aromatic rings. The molecule has 94 valence electrons. The van der Waals surface area contributed by atoms with Gasteiger partial charge in [0.25, 0.3) is 0 Å². The second-order valence-electron chi connectivity index (χ2n) is 4.49. The molecule has 0 aromatic heterocycles. The van der Waals surface area contributed by atoms with Gasteiger partial charge in [0, 0.05) is 25.8 Å². The molecule has 0 saturated heterocycles. The molecule has 1 aromatic carbocycles. The number of hydrogen-bond acceptors (Lipinski definition) is 2. The van der Waals surface area contributed by atoms with Gasteiger partial charge in [-0.1, -0.05) is 34.1 Å². The number of anilines is 1. The summed E-state index contributed by atoms with van der Waals surface area (Å²) in [6.45, 7) is 5.10. The number of amides is 1. The second kappa shape index (κ2) is 6.05. The summed E-state index contributed by atoms with van der Waals surface area (Å²) in [7, 11) is 2.01. The molecule has 1 rings (SSSR count). The van der Waals surface area contributed by atoms with Gasteiger partial charge in [0.2, 0.25) is 5.91 Å². The fourth-order valence-corrected chi connectivity index (χ4v) is 1.50. The fourth-order valence-electron chi connectivity index (χ4n) is 1.36. The van der Waals surface area contributed by atoms with Crippen LogP contribution in [0.15, 0.2) is 30.3 Å². The lowest BCUT2D eigenvalue weighted by molar-refractivity contribution is -0.122. The van der Waals surface area contributed by atoms with Gasteiger partial charge >= 0.3 is 0 Å². The van der Waals surface area contributed by atoms with Gasteiger partial charge in [0.05, 0.1) is 4.32 Å². The van der Waals surface area contributed by atoms with E-state index < -0.39 is 4.32 Å². The third kappa shape index (κ3) is 4.77. The number of nitrogens with zero attached hydrogens (tertiary/aromatic N) is 1. The predicted molar refractivity (Wildman–Crippen MR) is 75.7 cm³/mol. The average molecular weight is 299 g/mol. The largest absolute Gasteiger partial charge is 0.373 e. The third-order valence-corrected chi connectivity index (χ3v) is 2.83.